The lowest BCUT2D eigenvalue weighted by Gasteiger charge is -2.17. The van der Waals surface area contributed by atoms with Crippen LogP contribution in [-0.2, 0) is 16.1 Å². The van der Waals surface area contributed by atoms with Gasteiger partial charge in [0.15, 0.2) is 6.10 Å². The standard InChI is InChI=1S/C18H22N4O5/c1-11-16(22(25)26)12(2)21(19-11)10-14-6-8-15(9-7-14)18(24)27-13(3)17(23)20(4)5/h6-9,13H,10H2,1-5H3/t13-/m0/s1. The molecule has 0 radical (unpaired) electrons. The van der Waals surface area contributed by atoms with Gasteiger partial charge in [0.05, 0.1) is 17.0 Å². The summed E-state index contributed by atoms with van der Waals surface area (Å²) in [5.41, 5.74) is 1.98. The average Bonchev–Trinajstić information content (AvgIpc) is 2.88. The second-order valence-electron chi connectivity index (χ2n) is 6.41. The van der Waals surface area contributed by atoms with E-state index >= 15 is 0 Å². The van der Waals surface area contributed by atoms with Gasteiger partial charge in [-0.15, -0.1) is 0 Å². The molecule has 0 spiro atoms. The van der Waals surface area contributed by atoms with Crippen LogP contribution in [-0.4, -0.2) is 51.7 Å². The number of ether oxygens (including phenoxy) is 1. The van der Waals surface area contributed by atoms with Gasteiger partial charge < -0.3 is 9.64 Å². The normalized spacial score (nSPS) is 11.7. The Morgan fingerprint density at radius 2 is 1.85 bits per heavy atom. The van der Waals surface area contributed by atoms with Crippen molar-refractivity contribution < 1.29 is 19.2 Å². The molecule has 1 atom stereocenters. The lowest BCUT2D eigenvalue weighted by atomic mass is 10.1. The van der Waals surface area contributed by atoms with Crippen LogP contribution in [0.15, 0.2) is 24.3 Å². The molecular weight excluding hydrogens is 352 g/mol. The molecular formula is C18H22N4O5. The third-order valence-corrected chi connectivity index (χ3v) is 4.12. The van der Waals surface area contributed by atoms with Crippen molar-refractivity contribution in [2.75, 3.05) is 14.1 Å². The largest absolute Gasteiger partial charge is 0.449 e. The zero-order valence-corrected chi connectivity index (χ0v) is 15.9. The van der Waals surface area contributed by atoms with Crippen molar-refractivity contribution in [3.63, 3.8) is 0 Å². The molecule has 1 aromatic carbocycles. The molecule has 1 heterocycles. The number of nitrogens with zero attached hydrogens (tertiary/aromatic N) is 4. The number of likely N-dealkylation sites (N-methyl/N-ethyl adjacent to an activating group) is 1. The molecule has 9 nitrogen and oxygen atoms in total. The summed E-state index contributed by atoms with van der Waals surface area (Å²) in [6.45, 7) is 5.10. The van der Waals surface area contributed by atoms with E-state index in [2.05, 4.69) is 5.10 Å². The first kappa shape index (κ1) is 20.1. The number of hydrogen-bond donors (Lipinski definition) is 0. The summed E-state index contributed by atoms with van der Waals surface area (Å²) in [5.74, 6) is -0.892. The molecule has 1 aromatic heterocycles. The molecule has 0 N–H and O–H groups in total. The minimum atomic E-state index is -0.873. The summed E-state index contributed by atoms with van der Waals surface area (Å²) >= 11 is 0. The first-order valence-electron chi connectivity index (χ1n) is 8.31. The first-order chi connectivity index (χ1) is 12.6. The molecule has 0 aliphatic rings. The molecule has 0 aliphatic heterocycles. The van der Waals surface area contributed by atoms with Crippen molar-refractivity contribution in [3.05, 3.63) is 56.9 Å². The maximum atomic E-state index is 12.1. The van der Waals surface area contributed by atoms with E-state index in [1.807, 2.05) is 0 Å². The summed E-state index contributed by atoms with van der Waals surface area (Å²) in [6.07, 6.45) is -0.873. The highest BCUT2D eigenvalue weighted by Gasteiger charge is 2.22. The molecule has 144 valence electrons. The number of rotatable bonds is 6. The lowest BCUT2D eigenvalue weighted by Crippen LogP contribution is -2.34. The van der Waals surface area contributed by atoms with Crippen LogP contribution in [0.3, 0.4) is 0 Å². The number of carbonyl (C=O) groups is 2. The predicted molar refractivity (Wildman–Crippen MR) is 97.5 cm³/mol. The molecule has 2 aromatic rings. The fraction of sp³-hybridized carbons (Fsp3) is 0.389. The van der Waals surface area contributed by atoms with E-state index in [1.165, 1.54) is 11.8 Å². The molecule has 1 amide bonds. The molecule has 0 unspecified atom stereocenters. The van der Waals surface area contributed by atoms with E-state index in [4.69, 9.17) is 4.74 Å². The van der Waals surface area contributed by atoms with Gasteiger partial charge in [-0.25, -0.2) is 4.79 Å². The highest BCUT2D eigenvalue weighted by molar-refractivity contribution is 5.92. The molecule has 0 saturated carbocycles. The third kappa shape index (κ3) is 4.49. The van der Waals surface area contributed by atoms with Gasteiger partial charge in [0.1, 0.15) is 11.4 Å². The van der Waals surface area contributed by atoms with Crippen molar-refractivity contribution in [2.24, 2.45) is 0 Å². The SMILES string of the molecule is Cc1nn(Cc2ccc(C(=O)O[C@@H](C)C(=O)N(C)C)cc2)c(C)c1[N+](=O)[O-]. The van der Waals surface area contributed by atoms with Crippen molar-refractivity contribution >= 4 is 17.6 Å². The number of nitro groups is 1. The maximum absolute atomic E-state index is 12.1. The molecule has 0 fully saturated rings. The molecule has 0 bridgehead atoms. The second kappa shape index (κ2) is 7.98. The smallest absolute Gasteiger partial charge is 0.338 e. The Balaban J connectivity index is 2.10. The Hall–Kier alpha value is -3.23. The maximum Gasteiger partial charge on any atom is 0.338 e. The van der Waals surface area contributed by atoms with Crippen LogP contribution in [0.25, 0.3) is 0 Å². The molecule has 2 rings (SSSR count). The van der Waals surface area contributed by atoms with Gasteiger partial charge in [0.25, 0.3) is 5.91 Å². The average molecular weight is 374 g/mol. The number of hydrogen-bond acceptors (Lipinski definition) is 6. The Labute approximate surface area is 156 Å². The molecule has 9 heteroatoms. The third-order valence-electron chi connectivity index (χ3n) is 4.12. The van der Waals surface area contributed by atoms with Crippen LogP contribution in [0, 0.1) is 24.0 Å². The Kier molecular flexibility index (Phi) is 5.94. The molecule has 27 heavy (non-hydrogen) atoms. The summed E-state index contributed by atoms with van der Waals surface area (Å²) in [4.78, 5) is 35.9. The fourth-order valence-electron chi connectivity index (χ4n) is 2.67. The van der Waals surface area contributed by atoms with Crippen molar-refractivity contribution in [1.29, 1.82) is 0 Å². The lowest BCUT2D eigenvalue weighted by molar-refractivity contribution is -0.386. The number of aryl methyl sites for hydroxylation is 1. The van der Waals surface area contributed by atoms with Crippen LogP contribution in [0.1, 0.15) is 34.2 Å². The van der Waals surface area contributed by atoms with E-state index in [0.29, 0.717) is 23.5 Å². The van der Waals surface area contributed by atoms with Gasteiger partial charge in [-0.05, 0) is 38.5 Å². The zero-order valence-electron chi connectivity index (χ0n) is 15.9. The van der Waals surface area contributed by atoms with Crippen LogP contribution in [0.4, 0.5) is 5.69 Å². The Morgan fingerprint density at radius 3 is 2.33 bits per heavy atom. The number of benzene rings is 1. The zero-order chi connectivity index (χ0) is 20.3. The van der Waals surface area contributed by atoms with E-state index < -0.39 is 17.0 Å². The number of carbonyl (C=O) groups excluding carboxylic acids is 2. The summed E-state index contributed by atoms with van der Waals surface area (Å²) < 4.78 is 6.71. The van der Waals surface area contributed by atoms with Crippen LogP contribution < -0.4 is 0 Å². The monoisotopic (exact) mass is 374 g/mol. The predicted octanol–water partition coefficient (Wildman–Crippen LogP) is 2.09. The highest BCUT2D eigenvalue weighted by Crippen LogP contribution is 2.22. The summed E-state index contributed by atoms with van der Waals surface area (Å²) in [7, 11) is 3.18. The number of amides is 1. The van der Waals surface area contributed by atoms with Gasteiger partial charge in [-0.2, -0.15) is 5.10 Å². The molecule has 0 saturated heterocycles. The van der Waals surface area contributed by atoms with Gasteiger partial charge in [0.2, 0.25) is 0 Å². The van der Waals surface area contributed by atoms with E-state index in [1.54, 1.807) is 56.9 Å². The summed E-state index contributed by atoms with van der Waals surface area (Å²) in [5, 5.41) is 15.3. The Bertz CT molecular complexity index is 871. The quantitative estimate of drug-likeness (QED) is 0.435. The fourth-order valence-corrected chi connectivity index (χ4v) is 2.67. The summed E-state index contributed by atoms with van der Waals surface area (Å²) in [6, 6.07) is 6.61. The van der Waals surface area contributed by atoms with E-state index in [0.717, 1.165) is 5.56 Å². The minimum Gasteiger partial charge on any atom is -0.449 e. The number of aromatic nitrogens is 2. The van der Waals surface area contributed by atoms with Crippen molar-refractivity contribution in [3.8, 4) is 0 Å². The van der Waals surface area contributed by atoms with Gasteiger partial charge >= 0.3 is 11.7 Å². The number of esters is 1. The first-order valence-corrected chi connectivity index (χ1v) is 8.31. The Morgan fingerprint density at radius 1 is 1.26 bits per heavy atom. The van der Waals surface area contributed by atoms with Crippen molar-refractivity contribution in [2.45, 2.75) is 33.4 Å². The molecule has 0 aliphatic carbocycles. The van der Waals surface area contributed by atoms with Crippen LogP contribution in [0.2, 0.25) is 0 Å². The van der Waals surface area contributed by atoms with Gasteiger partial charge in [-0.3, -0.25) is 19.6 Å². The van der Waals surface area contributed by atoms with E-state index in [-0.39, 0.29) is 11.6 Å². The van der Waals surface area contributed by atoms with E-state index in [9.17, 15) is 19.7 Å². The van der Waals surface area contributed by atoms with Gasteiger partial charge in [-0.1, -0.05) is 12.1 Å². The van der Waals surface area contributed by atoms with Crippen molar-refractivity contribution in [1.82, 2.24) is 14.7 Å². The second-order valence-corrected chi connectivity index (χ2v) is 6.41. The highest BCUT2D eigenvalue weighted by atomic mass is 16.6. The van der Waals surface area contributed by atoms with Crippen LogP contribution >= 0.6 is 0 Å². The van der Waals surface area contributed by atoms with Gasteiger partial charge in [0, 0.05) is 14.1 Å². The minimum absolute atomic E-state index is 0.00902. The van der Waals surface area contributed by atoms with Crippen LogP contribution in [0.5, 0.6) is 0 Å². The topological polar surface area (TPSA) is 108 Å².